The van der Waals surface area contributed by atoms with E-state index in [4.69, 9.17) is 9.84 Å². The van der Waals surface area contributed by atoms with E-state index in [1.54, 1.807) is 12.1 Å². The van der Waals surface area contributed by atoms with Crippen molar-refractivity contribution in [2.24, 2.45) is 0 Å². The summed E-state index contributed by atoms with van der Waals surface area (Å²) in [6, 6.07) is 3.58. The maximum absolute atomic E-state index is 11.4. The first-order valence-electron chi connectivity index (χ1n) is 6.08. The molecule has 2 rings (SSSR count). The summed E-state index contributed by atoms with van der Waals surface area (Å²) < 4.78 is 28.6. The molecule has 0 aliphatic carbocycles. The average molecular weight is 286 g/mol. The Labute approximate surface area is 112 Å². The van der Waals surface area contributed by atoms with Crippen molar-refractivity contribution in [2.75, 3.05) is 11.5 Å². The van der Waals surface area contributed by atoms with Crippen molar-refractivity contribution in [2.45, 2.75) is 32.7 Å². The van der Waals surface area contributed by atoms with Crippen molar-refractivity contribution in [3.05, 3.63) is 28.8 Å². The molecule has 1 heterocycles. The molecule has 0 saturated carbocycles. The van der Waals surface area contributed by atoms with E-state index in [0.29, 0.717) is 5.75 Å². The SMILES string of the molecule is Cc1cc(CO)cc(C)c1OC1CS(=O)(=O)CC1O. The molecule has 6 heteroatoms. The normalized spacial score (nSPS) is 25.5. The first kappa shape index (κ1) is 14.3. The average Bonchev–Trinajstić information content (AvgIpc) is 2.56. The number of benzene rings is 1. The van der Waals surface area contributed by atoms with Crippen LogP contribution in [0.3, 0.4) is 0 Å². The lowest BCUT2D eigenvalue weighted by atomic mass is 10.1. The van der Waals surface area contributed by atoms with Crippen molar-refractivity contribution in [1.82, 2.24) is 0 Å². The number of aliphatic hydroxyl groups is 2. The fraction of sp³-hybridized carbons (Fsp3) is 0.538. The molecular formula is C13H18O5S. The van der Waals surface area contributed by atoms with Gasteiger partial charge in [-0.15, -0.1) is 0 Å². The Morgan fingerprint density at radius 1 is 1.26 bits per heavy atom. The summed E-state index contributed by atoms with van der Waals surface area (Å²) in [5, 5.41) is 18.8. The molecular weight excluding hydrogens is 268 g/mol. The molecule has 2 N–H and O–H groups in total. The molecule has 0 radical (unpaired) electrons. The molecule has 1 aliphatic rings. The predicted molar refractivity (Wildman–Crippen MR) is 70.9 cm³/mol. The predicted octanol–water partition coefficient (Wildman–Crippen LogP) is 0.332. The van der Waals surface area contributed by atoms with Crippen molar-refractivity contribution < 1.29 is 23.4 Å². The number of hydrogen-bond acceptors (Lipinski definition) is 5. The number of sulfone groups is 1. The Morgan fingerprint density at radius 3 is 2.26 bits per heavy atom. The number of hydrogen-bond donors (Lipinski definition) is 2. The molecule has 1 aromatic carbocycles. The number of aryl methyl sites for hydroxylation is 2. The van der Waals surface area contributed by atoms with Crippen LogP contribution in [-0.4, -0.2) is 42.3 Å². The lowest BCUT2D eigenvalue weighted by Gasteiger charge is -2.19. The first-order chi connectivity index (χ1) is 8.82. The Hall–Kier alpha value is -1.11. The quantitative estimate of drug-likeness (QED) is 0.836. The minimum Gasteiger partial charge on any atom is -0.486 e. The fourth-order valence-corrected chi connectivity index (χ4v) is 4.04. The largest absolute Gasteiger partial charge is 0.486 e. The second-order valence-corrected chi connectivity index (χ2v) is 7.17. The number of rotatable bonds is 3. The summed E-state index contributed by atoms with van der Waals surface area (Å²) in [5.74, 6) is 0.178. The summed E-state index contributed by atoms with van der Waals surface area (Å²) in [6.07, 6.45) is -1.70. The lowest BCUT2D eigenvalue weighted by molar-refractivity contribution is 0.0728. The van der Waals surface area contributed by atoms with E-state index in [1.165, 1.54) is 0 Å². The second-order valence-electron chi connectivity index (χ2n) is 5.02. The zero-order chi connectivity index (χ0) is 14.2. The molecule has 1 aromatic rings. The second kappa shape index (κ2) is 5.11. The van der Waals surface area contributed by atoms with Crippen LogP contribution in [0.2, 0.25) is 0 Å². The molecule has 2 unspecified atom stereocenters. The van der Waals surface area contributed by atoms with Gasteiger partial charge in [0, 0.05) is 0 Å². The molecule has 106 valence electrons. The van der Waals surface area contributed by atoms with Gasteiger partial charge < -0.3 is 14.9 Å². The molecule has 0 aromatic heterocycles. The van der Waals surface area contributed by atoms with Crippen LogP contribution in [0.15, 0.2) is 12.1 Å². The minimum absolute atomic E-state index is 0.0532. The number of ether oxygens (including phenoxy) is 1. The van der Waals surface area contributed by atoms with Gasteiger partial charge in [-0.3, -0.25) is 0 Å². The Balaban J connectivity index is 2.25. The summed E-state index contributed by atoms with van der Waals surface area (Å²) >= 11 is 0. The van der Waals surface area contributed by atoms with Crippen molar-refractivity contribution in [1.29, 1.82) is 0 Å². The van der Waals surface area contributed by atoms with E-state index in [2.05, 4.69) is 0 Å². The van der Waals surface area contributed by atoms with Gasteiger partial charge in [0.25, 0.3) is 0 Å². The summed E-state index contributed by atoms with van der Waals surface area (Å²) in [4.78, 5) is 0. The van der Waals surface area contributed by atoms with Crippen LogP contribution in [0.5, 0.6) is 5.75 Å². The van der Waals surface area contributed by atoms with Crippen LogP contribution in [-0.2, 0) is 16.4 Å². The van der Waals surface area contributed by atoms with Crippen molar-refractivity contribution in [3.8, 4) is 5.75 Å². The highest BCUT2D eigenvalue weighted by atomic mass is 32.2. The van der Waals surface area contributed by atoms with Gasteiger partial charge in [-0.1, -0.05) is 12.1 Å². The molecule has 5 nitrogen and oxygen atoms in total. The van der Waals surface area contributed by atoms with E-state index in [9.17, 15) is 13.5 Å². The molecule has 19 heavy (non-hydrogen) atoms. The van der Waals surface area contributed by atoms with Crippen molar-refractivity contribution in [3.63, 3.8) is 0 Å². The Bertz CT molecular complexity index is 556. The lowest BCUT2D eigenvalue weighted by Crippen LogP contribution is -2.30. The summed E-state index contributed by atoms with van der Waals surface area (Å²) in [5.41, 5.74) is 2.42. The van der Waals surface area contributed by atoms with Crippen LogP contribution < -0.4 is 4.74 Å². The Morgan fingerprint density at radius 2 is 1.84 bits per heavy atom. The van der Waals surface area contributed by atoms with Gasteiger partial charge in [0.1, 0.15) is 18.0 Å². The van der Waals surface area contributed by atoms with Gasteiger partial charge >= 0.3 is 0 Å². The van der Waals surface area contributed by atoms with Crippen molar-refractivity contribution >= 4 is 9.84 Å². The monoisotopic (exact) mass is 286 g/mol. The minimum atomic E-state index is -3.22. The zero-order valence-electron chi connectivity index (χ0n) is 11.0. The third kappa shape index (κ3) is 3.08. The van der Waals surface area contributed by atoms with Gasteiger partial charge in [-0.2, -0.15) is 0 Å². The van der Waals surface area contributed by atoms with E-state index in [0.717, 1.165) is 16.7 Å². The number of aliphatic hydroxyl groups excluding tert-OH is 2. The maximum Gasteiger partial charge on any atom is 0.156 e. The van der Waals surface area contributed by atoms with E-state index in [1.807, 2.05) is 13.8 Å². The molecule has 1 aliphatic heterocycles. The highest BCUT2D eigenvalue weighted by Gasteiger charge is 2.38. The van der Waals surface area contributed by atoms with Gasteiger partial charge in [0.2, 0.25) is 0 Å². The van der Waals surface area contributed by atoms with Gasteiger partial charge in [0.15, 0.2) is 9.84 Å². The smallest absolute Gasteiger partial charge is 0.156 e. The third-order valence-electron chi connectivity index (χ3n) is 3.24. The van der Waals surface area contributed by atoms with Gasteiger partial charge in [-0.05, 0) is 30.5 Å². The topological polar surface area (TPSA) is 83.8 Å². The van der Waals surface area contributed by atoms with Crippen LogP contribution >= 0.6 is 0 Å². The van der Waals surface area contributed by atoms with Gasteiger partial charge in [0.05, 0.1) is 18.1 Å². The highest BCUT2D eigenvalue weighted by Crippen LogP contribution is 2.28. The van der Waals surface area contributed by atoms with Crippen LogP contribution in [0, 0.1) is 13.8 Å². The van der Waals surface area contributed by atoms with Crippen LogP contribution in [0.4, 0.5) is 0 Å². The molecule has 0 bridgehead atoms. The summed E-state index contributed by atoms with van der Waals surface area (Å²) in [7, 11) is -3.22. The zero-order valence-corrected chi connectivity index (χ0v) is 11.8. The molecule has 1 fully saturated rings. The van der Waals surface area contributed by atoms with E-state index in [-0.39, 0.29) is 18.1 Å². The molecule has 1 saturated heterocycles. The third-order valence-corrected chi connectivity index (χ3v) is 4.93. The molecule has 0 spiro atoms. The molecule has 2 atom stereocenters. The van der Waals surface area contributed by atoms with Crippen LogP contribution in [0.1, 0.15) is 16.7 Å². The first-order valence-corrected chi connectivity index (χ1v) is 7.90. The van der Waals surface area contributed by atoms with E-state index < -0.39 is 22.0 Å². The maximum atomic E-state index is 11.4. The standard InChI is InChI=1S/C13H18O5S/c1-8-3-10(5-14)4-9(2)13(8)18-12-7-19(16,17)6-11(12)15/h3-4,11-12,14-15H,5-7H2,1-2H3. The van der Waals surface area contributed by atoms with Crippen LogP contribution in [0.25, 0.3) is 0 Å². The highest BCUT2D eigenvalue weighted by molar-refractivity contribution is 7.91. The molecule has 0 amide bonds. The summed E-state index contributed by atoms with van der Waals surface area (Å²) in [6.45, 7) is 3.61. The Kier molecular flexibility index (Phi) is 3.85. The van der Waals surface area contributed by atoms with Gasteiger partial charge in [-0.25, -0.2) is 8.42 Å². The van der Waals surface area contributed by atoms with E-state index >= 15 is 0 Å². The fourth-order valence-electron chi connectivity index (χ4n) is 2.38.